The first-order valence-electron chi connectivity index (χ1n) is 5.47. The summed E-state index contributed by atoms with van der Waals surface area (Å²) >= 11 is 0. The topological polar surface area (TPSA) is 29.3 Å². The SMILES string of the molecule is CCN(C)c1ccc(C(C)(C)C)cc1N. The van der Waals surface area contributed by atoms with Crippen LogP contribution in [0.25, 0.3) is 0 Å². The van der Waals surface area contributed by atoms with Gasteiger partial charge in [-0.2, -0.15) is 0 Å². The van der Waals surface area contributed by atoms with E-state index in [-0.39, 0.29) is 5.41 Å². The van der Waals surface area contributed by atoms with E-state index in [2.05, 4.69) is 57.8 Å². The van der Waals surface area contributed by atoms with Crippen LogP contribution in [-0.2, 0) is 5.41 Å². The zero-order chi connectivity index (χ0) is 11.6. The number of nitrogens with zero attached hydrogens (tertiary/aromatic N) is 1. The molecule has 2 nitrogen and oxygen atoms in total. The largest absolute Gasteiger partial charge is 0.397 e. The Kier molecular flexibility index (Phi) is 3.28. The maximum atomic E-state index is 6.05. The van der Waals surface area contributed by atoms with Crippen LogP contribution in [0.15, 0.2) is 18.2 Å². The molecule has 0 aliphatic heterocycles. The predicted molar refractivity (Wildman–Crippen MR) is 68.5 cm³/mol. The van der Waals surface area contributed by atoms with Crippen LogP contribution in [0, 0.1) is 0 Å². The zero-order valence-corrected chi connectivity index (χ0v) is 10.5. The number of hydrogen-bond donors (Lipinski definition) is 1. The van der Waals surface area contributed by atoms with Gasteiger partial charge in [0.1, 0.15) is 0 Å². The van der Waals surface area contributed by atoms with E-state index in [0.29, 0.717) is 0 Å². The van der Waals surface area contributed by atoms with Gasteiger partial charge < -0.3 is 10.6 Å². The molecule has 0 aliphatic rings. The number of nitrogen functional groups attached to an aromatic ring is 1. The predicted octanol–water partition coefficient (Wildman–Crippen LogP) is 3.02. The first-order valence-corrected chi connectivity index (χ1v) is 5.47. The summed E-state index contributed by atoms with van der Waals surface area (Å²) in [4.78, 5) is 2.15. The molecule has 0 fully saturated rings. The average Bonchev–Trinajstić information content (AvgIpc) is 2.15. The van der Waals surface area contributed by atoms with E-state index < -0.39 is 0 Å². The number of benzene rings is 1. The molecule has 15 heavy (non-hydrogen) atoms. The molecule has 2 heteroatoms. The molecular formula is C13H22N2. The Labute approximate surface area is 93.1 Å². The summed E-state index contributed by atoms with van der Waals surface area (Å²) < 4.78 is 0. The van der Waals surface area contributed by atoms with Crippen molar-refractivity contribution in [2.75, 3.05) is 24.2 Å². The highest BCUT2D eigenvalue weighted by atomic mass is 15.1. The third-order valence-corrected chi connectivity index (χ3v) is 2.78. The molecule has 0 aromatic heterocycles. The lowest BCUT2D eigenvalue weighted by Gasteiger charge is -2.23. The van der Waals surface area contributed by atoms with Crippen LogP contribution in [0.3, 0.4) is 0 Å². The molecule has 2 N–H and O–H groups in total. The fourth-order valence-corrected chi connectivity index (χ4v) is 1.54. The molecule has 0 saturated carbocycles. The molecule has 0 saturated heterocycles. The quantitative estimate of drug-likeness (QED) is 0.754. The van der Waals surface area contributed by atoms with Crippen LogP contribution in [-0.4, -0.2) is 13.6 Å². The molecule has 1 rings (SSSR count). The minimum Gasteiger partial charge on any atom is -0.397 e. The Bertz CT molecular complexity index is 337. The van der Waals surface area contributed by atoms with Crippen LogP contribution in [0.5, 0.6) is 0 Å². The summed E-state index contributed by atoms with van der Waals surface area (Å²) in [6.45, 7) is 9.69. The van der Waals surface area contributed by atoms with Gasteiger partial charge in [0.15, 0.2) is 0 Å². The van der Waals surface area contributed by atoms with E-state index in [1.54, 1.807) is 0 Å². The number of anilines is 2. The van der Waals surface area contributed by atoms with Crippen molar-refractivity contribution in [3.8, 4) is 0 Å². The van der Waals surface area contributed by atoms with E-state index in [4.69, 9.17) is 5.73 Å². The summed E-state index contributed by atoms with van der Waals surface area (Å²) in [7, 11) is 2.06. The molecule has 1 aromatic carbocycles. The molecular weight excluding hydrogens is 184 g/mol. The summed E-state index contributed by atoms with van der Waals surface area (Å²) in [5, 5.41) is 0. The van der Waals surface area contributed by atoms with Gasteiger partial charge in [0.25, 0.3) is 0 Å². The molecule has 0 atom stereocenters. The lowest BCUT2D eigenvalue weighted by Crippen LogP contribution is -2.18. The second kappa shape index (κ2) is 4.13. The van der Waals surface area contributed by atoms with Gasteiger partial charge in [-0.3, -0.25) is 0 Å². The summed E-state index contributed by atoms with van der Waals surface area (Å²) in [5.74, 6) is 0. The molecule has 84 valence electrons. The third kappa shape index (κ3) is 2.65. The van der Waals surface area contributed by atoms with Crippen molar-refractivity contribution < 1.29 is 0 Å². The minimum absolute atomic E-state index is 0.164. The van der Waals surface area contributed by atoms with Crippen LogP contribution < -0.4 is 10.6 Å². The van der Waals surface area contributed by atoms with E-state index in [0.717, 1.165) is 17.9 Å². The average molecular weight is 206 g/mol. The molecule has 0 aliphatic carbocycles. The summed E-state index contributed by atoms with van der Waals surface area (Å²) in [5.41, 5.74) is 9.49. The van der Waals surface area contributed by atoms with Gasteiger partial charge in [0.2, 0.25) is 0 Å². The van der Waals surface area contributed by atoms with Crippen molar-refractivity contribution in [3.63, 3.8) is 0 Å². The van der Waals surface area contributed by atoms with Gasteiger partial charge in [-0.25, -0.2) is 0 Å². The van der Waals surface area contributed by atoms with E-state index in [9.17, 15) is 0 Å². The smallest absolute Gasteiger partial charge is 0.0597 e. The lowest BCUT2D eigenvalue weighted by atomic mass is 9.86. The van der Waals surface area contributed by atoms with E-state index in [1.807, 2.05) is 0 Å². The molecule has 0 heterocycles. The Morgan fingerprint density at radius 2 is 1.87 bits per heavy atom. The van der Waals surface area contributed by atoms with Gasteiger partial charge in [-0.05, 0) is 30.0 Å². The first-order chi connectivity index (χ1) is 6.86. The number of rotatable bonds is 2. The highest BCUT2D eigenvalue weighted by Crippen LogP contribution is 2.29. The van der Waals surface area contributed by atoms with Gasteiger partial charge in [-0.15, -0.1) is 0 Å². The number of hydrogen-bond acceptors (Lipinski definition) is 2. The second-order valence-corrected chi connectivity index (χ2v) is 5.04. The van der Waals surface area contributed by atoms with Gasteiger partial charge in [-0.1, -0.05) is 26.8 Å². The Morgan fingerprint density at radius 1 is 1.27 bits per heavy atom. The highest BCUT2D eigenvalue weighted by molar-refractivity contribution is 5.68. The van der Waals surface area contributed by atoms with E-state index >= 15 is 0 Å². The van der Waals surface area contributed by atoms with Crippen LogP contribution >= 0.6 is 0 Å². The Balaban J connectivity index is 3.09. The normalized spacial score (nSPS) is 11.5. The van der Waals surface area contributed by atoms with Gasteiger partial charge in [0, 0.05) is 13.6 Å². The van der Waals surface area contributed by atoms with Crippen LogP contribution in [0.2, 0.25) is 0 Å². The van der Waals surface area contributed by atoms with Crippen molar-refractivity contribution >= 4 is 11.4 Å². The summed E-state index contributed by atoms with van der Waals surface area (Å²) in [6, 6.07) is 6.36. The second-order valence-electron chi connectivity index (χ2n) is 5.04. The fraction of sp³-hybridized carbons (Fsp3) is 0.538. The van der Waals surface area contributed by atoms with Crippen molar-refractivity contribution in [2.24, 2.45) is 0 Å². The maximum Gasteiger partial charge on any atom is 0.0597 e. The van der Waals surface area contributed by atoms with Crippen molar-refractivity contribution in [1.82, 2.24) is 0 Å². The number of nitrogens with two attached hydrogens (primary N) is 1. The maximum absolute atomic E-state index is 6.05. The molecule has 0 radical (unpaired) electrons. The Morgan fingerprint density at radius 3 is 2.27 bits per heavy atom. The molecule has 0 bridgehead atoms. The molecule has 1 aromatic rings. The van der Waals surface area contributed by atoms with Crippen molar-refractivity contribution in [3.05, 3.63) is 23.8 Å². The zero-order valence-electron chi connectivity index (χ0n) is 10.5. The van der Waals surface area contributed by atoms with Crippen LogP contribution in [0.4, 0.5) is 11.4 Å². The van der Waals surface area contributed by atoms with Crippen molar-refractivity contribution in [1.29, 1.82) is 0 Å². The van der Waals surface area contributed by atoms with Crippen LogP contribution in [0.1, 0.15) is 33.3 Å². The van der Waals surface area contributed by atoms with Gasteiger partial charge >= 0.3 is 0 Å². The van der Waals surface area contributed by atoms with Gasteiger partial charge in [0.05, 0.1) is 11.4 Å². The standard InChI is InChI=1S/C13H22N2/c1-6-15(5)12-8-7-10(9-11(12)14)13(2,3)4/h7-9H,6,14H2,1-5H3. The molecule has 0 spiro atoms. The highest BCUT2D eigenvalue weighted by Gasteiger charge is 2.15. The third-order valence-electron chi connectivity index (χ3n) is 2.78. The molecule has 0 amide bonds. The first kappa shape index (κ1) is 11.9. The summed E-state index contributed by atoms with van der Waals surface area (Å²) in [6.07, 6.45) is 0. The van der Waals surface area contributed by atoms with Crippen molar-refractivity contribution in [2.45, 2.75) is 33.1 Å². The lowest BCUT2D eigenvalue weighted by molar-refractivity contribution is 0.590. The van der Waals surface area contributed by atoms with E-state index in [1.165, 1.54) is 5.56 Å². The monoisotopic (exact) mass is 206 g/mol. The Hall–Kier alpha value is -1.18. The minimum atomic E-state index is 0.164. The molecule has 0 unspecified atom stereocenters. The fourth-order valence-electron chi connectivity index (χ4n) is 1.54.